The summed E-state index contributed by atoms with van der Waals surface area (Å²) in [5.74, 6) is 1.82. The van der Waals surface area contributed by atoms with Crippen LogP contribution in [0, 0.1) is 0 Å². The van der Waals surface area contributed by atoms with E-state index in [0.29, 0.717) is 36.1 Å². The Bertz CT molecular complexity index is 1900. The van der Waals surface area contributed by atoms with Gasteiger partial charge in [-0.15, -0.1) is 22.7 Å². The van der Waals surface area contributed by atoms with Crippen molar-refractivity contribution in [3.8, 4) is 10.6 Å². The molecule has 21 heteroatoms. The lowest BCUT2D eigenvalue weighted by Gasteiger charge is -2.32. The summed E-state index contributed by atoms with van der Waals surface area (Å²) in [6.07, 6.45) is 5.22. The second-order valence-electron chi connectivity index (χ2n) is 14.1. The molecule has 3 saturated heterocycles. The molecule has 0 aliphatic carbocycles. The summed E-state index contributed by atoms with van der Waals surface area (Å²) in [6.45, 7) is 14.2. The lowest BCUT2D eigenvalue weighted by atomic mass is 9.81. The molecule has 0 aromatic carbocycles. The first-order chi connectivity index (χ1) is 25.8. The number of thiazole rings is 2. The first kappa shape index (κ1) is 44.9. The molecular formula is C35H47BBrF3N10O4S2. The Morgan fingerprint density at radius 1 is 0.839 bits per heavy atom. The lowest BCUT2D eigenvalue weighted by molar-refractivity contribution is -0.146. The minimum atomic E-state index is -4.27. The smallest absolute Gasteiger partial charge is 0.399 e. The molecule has 0 bridgehead atoms. The van der Waals surface area contributed by atoms with Crippen LogP contribution in [0.5, 0.6) is 0 Å². The number of rotatable bonds is 6. The molecule has 2 N–H and O–H groups in total. The molecule has 2 atom stereocenters. The van der Waals surface area contributed by atoms with Gasteiger partial charge in [0, 0.05) is 79.6 Å². The molecule has 0 saturated carbocycles. The predicted octanol–water partition coefficient (Wildman–Crippen LogP) is 7.35. The second-order valence-corrected chi connectivity index (χ2v) is 17.1. The van der Waals surface area contributed by atoms with Gasteiger partial charge in [0.2, 0.25) is 23.7 Å². The van der Waals surface area contributed by atoms with Crippen molar-refractivity contribution in [2.24, 2.45) is 0 Å². The summed E-state index contributed by atoms with van der Waals surface area (Å²) in [5.41, 5.74) is 0.478. The van der Waals surface area contributed by atoms with Gasteiger partial charge in [-0.1, -0.05) is 7.43 Å². The van der Waals surface area contributed by atoms with Crippen molar-refractivity contribution in [3.05, 3.63) is 39.5 Å². The maximum absolute atomic E-state index is 13.1. The van der Waals surface area contributed by atoms with E-state index in [1.165, 1.54) is 66.7 Å². The van der Waals surface area contributed by atoms with Crippen molar-refractivity contribution < 1.29 is 32.1 Å². The molecule has 3 fully saturated rings. The zero-order valence-corrected chi connectivity index (χ0v) is 34.7. The van der Waals surface area contributed by atoms with Crippen LogP contribution in [0.4, 0.5) is 36.7 Å². The van der Waals surface area contributed by atoms with Gasteiger partial charge < -0.3 is 29.7 Å². The van der Waals surface area contributed by atoms with Gasteiger partial charge in [-0.2, -0.15) is 13.2 Å². The van der Waals surface area contributed by atoms with Crippen LogP contribution < -0.4 is 25.9 Å². The lowest BCUT2D eigenvalue weighted by Crippen LogP contribution is -2.42. The summed E-state index contributed by atoms with van der Waals surface area (Å²) in [7, 11) is -0.624. The molecule has 3 aliphatic rings. The van der Waals surface area contributed by atoms with Gasteiger partial charge in [-0.3, -0.25) is 9.59 Å². The van der Waals surface area contributed by atoms with E-state index in [9.17, 15) is 22.8 Å². The van der Waals surface area contributed by atoms with E-state index >= 15 is 0 Å². The number of halogens is 4. The van der Waals surface area contributed by atoms with Gasteiger partial charge in [0.1, 0.15) is 22.7 Å². The van der Waals surface area contributed by atoms with E-state index in [1.54, 1.807) is 17.8 Å². The quantitative estimate of drug-likeness (QED) is 0.186. The minimum absolute atomic E-state index is 0. The van der Waals surface area contributed by atoms with E-state index < -0.39 is 30.5 Å². The van der Waals surface area contributed by atoms with Crippen LogP contribution in [0.1, 0.15) is 81.6 Å². The normalized spacial score (nSPS) is 19.7. The highest BCUT2D eigenvalue weighted by molar-refractivity contribution is 9.11. The van der Waals surface area contributed by atoms with Crippen LogP contribution in [0.25, 0.3) is 10.6 Å². The Morgan fingerprint density at radius 3 is 1.84 bits per heavy atom. The van der Waals surface area contributed by atoms with Crippen molar-refractivity contribution in [1.82, 2.24) is 29.9 Å². The van der Waals surface area contributed by atoms with Gasteiger partial charge in [-0.05, 0) is 76.2 Å². The van der Waals surface area contributed by atoms with Gasteiger partial charge in [0.05, 0.1) is 11.2 Å². The average molecular weight is 884 g/mol. The molecule has 2 amide bonds. The molecule has 0 radical (unpaired) electrons. The van der Waals surface area contributed by atoms with Crippen LogP contribution in [-0.2, 0) is 18.9 Å². The number of amides is 2. The summed E-state index contributed by atoms with van der Waals surface area (Å²) in [4.78, 5) is 50.4. The number of carbonyl (C=O) groups excluding carboxylic acids is 2. The van der Waals surface area contributed by atoms with E-state index in [0.717, 1.165) is 27.0 Å². The Morgan fingerprint density at radius 2 is 1.34 bits per heavy atom. The predicted molar refractivity (Wildman–Crippen MR) is 219 cm³/mol. The van der Waals surface area contributed by atoms with Gasteiger partial charge in [0.25, 0.3) is 0 Å². The fraction of sp³-hybridized carbons (Fsp3) is 0.543. The number of hydrogen-bond acceptors (Lipinski definition) is 14. The molecule has 4 aromatic rings. The summed E-state index contributed by atoms with van der Waals surface area (Å²) < 4.78 is 51.7. The van der Waals surface area contributed by atoms with Crippen molar-refractivity contribution in [3.63, 3.8) is 0 Å². The molecule has 7 heterocycles. The van der Waals surface area contributed by atoms with E-state index in [2.05, 4.69) is 68.3 Å². The van der Waals surface area contributed by atoms with Crippen molar-refractivity contribution in [2.45, 2.75) is 111 Å². The highest BCUT2D eigenvalue weighted by atomic mass is 79.9. The van der Waals surface area contributed by atoms with Crippen molar-refractivity contribution in [1.29, 1.82) is 0 Å². The molecule has 304 valence electrons. The molecule has 7 rings (SSSR count). The standard InChI is InChI=1S/C15H21BF3N3O2.C14H17N5OS.C5H5BrN2OS.CH4/c1-13(2)14(3,4)24-16(23-13)10-8-20-12(21-9-10)22-7-5-6-11(22)15(17,18)19;1-9-4-3-5-19(9)14-15-6-11(7-16-14)13-18-12(8-21-13)17-10(2)20;1-3(9)7-4-2-10-5(6)8-4;/h8-9,11H,5-7H2,1-4H3;6-9H,3-5H2,1-2H3,(H,17,20);2H,1H3,(H,7,9);1H4/t11-;9-;;/m10../s1. The summed E-state index contributed by atoms with van der Waals surface area (Å²) in [6, 6.07) is -1.01. The Hall–Kier alpha value is -3.79. The molecular weight excluding hydrogens is 836 g/mol. The summed E-state index contributed by atoms with van der Waals surface area (Å²) >= 11 is 6.08. The number of carbonyl (C=O) groups is 2. The van der Waals surface area contributed by atoms with E-state index in [-0.39, 0.29) is 31.6 Å². The van der Waals surface area contributed by atoms with Crippen molar-refractivity contribution >= 4 is 86.5 Å². The van der Waals surface area contributed by atoms with Crippen LogP contribution >= 0.6 is 38.6 Å². The Balaban J connectivity index is 0.000000199. The third-order valence-corrected chi connectivity index (χ3v) is 11.6. The van der Waals surface area contributed by atoms with E-state index in [4.69, 9.17) is 9.31 Å². The first-order valence-electron chi connectivity index (χ1n) is 17.5. The molecule has 14 nitrogen and oxygen atoms in total. The van der Waals surface area contributed by atoms with Crippen LogP contribution in [0.2, 0.25) is 0 Å². The van der Waals surface area contributed by atoms with Gasteiger partial charge in [0.15, 0.2) is 3.92 Å². The number of nitrogens with zero attached hydrogens (tertiary/aromatic N) is 8. The SMILES string of the molecule is C.CC(=O)Nc1csc(-c2cnc(N3CCC[C@@H]3C)nc2)n1.CC(=O)Nc1csc(Br)n1.CC1(C)OB(c2cnc(N3CCC[C@@H]3C(F)(F)F)nc2)OC1(C)C. The topological polar surface area (TPSA) is 160 Å². The highest BCUT2D eigenvalue weighted by Gasteiger charge is 2.52. The highest BCUT2D eigenvalue weighted by Crippen LogP contribution is 2.37. The fourth-order valence-corrected chi connectivity index (χ4v) is 7.54. The number of nitrogens with one attached hydrogen (secondary N) is 2. The molecule has 0 spiro atoms. The maximum Gasteiger partial charge on any atom is 0.498 e. The fourth-order valence-electron chi connectivity index (χ4n) is 5.87. The first-order valence-corrected chi connectivity index (χ1v) is 20.1. The average Bonchev–Trinajstić information content (AvgIpc) is 3.95. The molecule has 0 unspecified atom stereocenters. The van der Waals surface area contributed by atoms with E-state index in [1.807, 2.05) is 33.1 Å². The largest absolute Gasteiger partial charge is 0.498 e. The van der Waals surface area contributed by atoms with Gasteiger partial charge in [-0.25, -0.2) is 29.9 Å². The number of anilines is 4. The third-order valence-electron chi connectivity index (χ3n) is 9.35. The zero-order chi connectivity index (χ0) is 40.1. The number of aromatic nitrogens is 6. The zero-order valence-electron chi connectivity index (χ0n) is 31.5. The number of hydrogen-bond donors (Lipinski definition) is 2. The molecule has 4 aromatic heterocycles. The van der Waals surface area contributed by atoms with Crippen LogP contribution in [0.15, 0.2) is 39.5 Å². The second kappa shape index (κ2) is 18.6. The monoisotopic (exact) mass is 882 g/mol. The Kier molecular flexibility index (Phi) is 15.0. The summed E-state index contributed by atoms with van der Waals surface area (Å²) in [5, 5.41) is 9.61. The Labute approximate surface area is 341 Å². The van der Waals surface area contributed by atoms with Gasteiger partial charge >= 0.3 is 13.3 Å². The number of alkyl halides is 3. The van der Waals surface area contributed by atoms with Crippen LogP contribution in [-0.4, -0.2) is 91.4 Å². The van der Waals surface area contributed by atoms with Crippen LogP contribution in [0.3, 0.4) is 0 Å². The molecule has 56 heavy (non-hydrogen) atoms. The molecule has 3 aliphatic heterocycles. The van der Waals surface area contributed by atoms with Crippen molar-refractivity contribution in [2.75, 3.05) is 33.5 Å². The maximum atomic E-state index is 13.1. The third kappa shape index (κ3) is 11.4. The minimum Gasteiger partial charge on any atom is -0.399 e.